The fourth-order valence-corrected chi connectivity index (χ4v) is 0.281. The second kappa shape index (κ2) is 37.9. The summed E-state index contributed by atoms with van der Waals surface area (Å²) in [6.07, 6.45) is 8.98. The normalized spacial score (nSPS) is 10.1. The van der Waals surface area contributed by atoms with Crippen LogP contribution in [0.2, 0.25) is 0 Å². The topological polar surface area (TPSA) is 98.0 Å². The Bertz CT molecular complexity index is 447. The molecule has 0 aromatic heterocycles. The summed E-state index contributed by atoms with van der Waals surface area (Å²) in [5.74, 6) is 9.16. The summed E-state index contributed by atoms with van der Waals surface area (Å²) in [5, 5.41) is 34.3. The monoisotopic (exact) mass is 1090 g/mol. The van der Waals surface area contributed by atoms with Gasteiger partial charge in [0.15, 0.2) is 0 Å². The van der Waals surface area contributed by atoms with Crippen molar-refractivity contribution in [3.63, 3.8) is 0 Å². The van der Waals surface area contributed by atoms with Gasteiger partial charge in [-0.25, -0.2) is 0 Å². The Morgan fingerprint density at radius 3 is 1.21 bits per heavy atom. The number of aliphatic hydroxyl groups excluding tert-OH is 2. The molecule has 0 bridgehead atoms. The van der Waals surface area contributed by atoms with Crippen LogP contribution in [0.5, 0.6) is 0 Å². The van der Waals surface area contributed by atoms with Gasteiger partial charge in [0.1, 0.15) is 29.7 Å². The van der Waals surface area contributed by atoms with Crippen LogP contribution < -0.4 is 13.3 Å². The summed E-state index contributed by atoms with van der Waals surface area (Å²) in [7, 11) is 0. The molecule has 0 fully saturated rings. The fraction of sp³-hybridized carbons (Fsp3) is 0.611. The molecule has 4 N–H and O–H groups in total. The van der Waals surface area contributed by atoms with Gasteiger partial charge in [-0.05, 0) is 48.5 Å². The van der Waals surface area contributed by atoms with Gasteiger partial charge < -0.3 is 25.2 Å². The first-order valence-electron chi connectivity index (χ1n) is 7.26. The predicted molar refractivity (Wildman–Crippen MR) is 165 cm³/mol. The molecule has 0 heterocycles. The minimum absolute atomic E-state index is 0. The van der Waals surface area contributed by atoms with Crippen molar-refractivity contribution in [3.8, 4) is 36.5 Å². The third kappa shape index (κ3) is 136. The van der Waals surface area contributed by atoms with E-state index < -0.39 is 23.4 Å². The van der Waals surface area contributed by atoms with Crippen molar-refractivity contribution in [1.82, 2.24) is 0 Å². The zero-order valence-electron chi connectivity index (χ0n) is 17.4. The summed E-state index contributed by atoms with van der Waals surface area (Å²) >= 11 is 9.54. The predicted octanol–water partition coefficient (Wildman–Crippen LogP) is 1.90. The van der Waals surface area contributed by atoms with E-state index in [9.17, 15) is 0 Å². The average molecular weight is 1090 g/mol. The van der Waals surface area contributed by atoms with Gasteiger partial charge in [0.05, 0.1) is 0 Å². The molecule has 0 saturated heterocycles. The van der Waals surface area contributed by atoms with E-state index in [0.717, 1.165) is 6.29 Å². The molecular weight excluding hydrogens is 1060 g/mol. The molecule has 0 aliphatic carbocycles. The second-order valence-corrected chi connectivity index (χ2v) is 21.6. The minimum atomic E-state index is -0.989. The van der Waals surface area contributed by atoms with E-state index in [1.165, 1.54) is 6.92 Å². The van der Waals surface area contributed by atoms with Crippen LogP contribution in [0.15, 0.2) is 0 Å². The van der Waals surface area contributed by atoms with E-state index >= 15 is 0 Å². The van der Waals surface area contributed by atoms with Crippen LogP contribution in [-0.2, 0) is 4.79 Å². The molecule has 2 unspecified atom stereocenters. The number of hydrogen-bond acceptors (Lipinski definition) is 5. The quantitative estimate of drug-likeness (QED) is 0.169. The molecule has 29 heavy (non-hydrogen) atoms. The second-order valence-electron chi connectivity index (χ2n) is 5.34. The third-order valence-electron chi connectivity index (χ3n) is 1.18. The van der Waals surface area contributed by atoms with Crippen LogP contribution in [0.25, 0.3) is 0 Å². The Kier molecular flexibility index (Phi) is 63.8. The van der Waals surface area contributed by atoms with Crippen LogP contribution >= 0.6 is 98.4 Å². The van der Waals surface area contributed by atoms with Crippen LogP contribution in [0.4, 0.5) is 0 Å². The molecule has 0 saturated carbocycles. The molecular formula is C18H31I6O5-. The summed E-state index contributed by atoms with van der Waals surface area (Å²) in [4.78, 5) is 8.81. The summed E-state index contributed by atoms with van der Waals surface area (Å²) in [6, 6.07) is 0. The zero-order chi connectivity index (χ0) is 24.4. The van der Waals surface area contributed by atoms with Crippen molar-refractivity contribution in [1.29, 1.82) is 0 Å². The summed E-state index contributed by atoms with van der Waals surface area (Å²) < 4.78 is 0. The van der Waals surface area contributed by atoms with Gasteiger partial charge in [0.25, 0.3) is 0 Å². The fourth-order valence-electron chi connectivity index (χ4n) is 0.281. The average Bonchev–Trinajstić information content (AvgIpc) is 2.56. The van der Waals surface area contributed by atoms with E-state index in [1.54, 1.807) is 41.5 Å². The Labute approximate surface area is 247 Å². The van der Waals surface area contributed by atoms with E-state index in [-0.39, 0.29) is 24.0 Å². The van der Waals surface area contributed by atoms with Crippen LogP contribution in [-0.4, -0.2) is 50.1 Å². The number of terminal acetylenes is 2. The van der Waals surface area contributed by atoms with Crippen molar-refractivity contribution < 1.29 is 38.5 Å². The summed E-state index contributed by atoms with van der Waals surface area (Å²) in [6.45, 7) is 10.8. The SMILES string of the molecule is C#CC(C)(C)O.C#CC(C)O.CC(O)C#CC(C)(C)O.CC=O.I.II.I[I-]I. The number of aliphatic hydroxyl groups is 4. The number of rotatable bonds is 0. The summed E-state index contributed by atoms with van der Waals surface area (Å²) in [5.41, 5.74) is -1.92. The molecule has 0 aliphatic rings. The first-order valence-corrected chi connectivity index (χ1v) is 26.1. The molecule has 176 valence electrons. The molecule has 0 amide bonds. The maximum atomic E-state index is 8.98. The van der Waals surface area contributed by atoms with Crippen LogP contribution in [0, 0.1) is 36.5 Å². The molecule has 5 nitrogen and oxygen atoms in total. The van der Waals surface area contributed by atoms with Gasteiger partial charge >= 0.3 is 50.5 Å². The third-order valence-corrected chi connectivity index (χ3v) is 1.18. The molecule has 0 aromatic carbocycles. The first-order chi connectivity index (χ1) is 12.6. The van der Waals surface area contributed by atoms with Crippen LogP contribution in [0.1, 0.15) is 48.5 Å². The van der Waals surface area contributed by atoms with Gasteiger partial charge in [-0.1, -0.05) is 23.7 Å². The Hall–Kier alpha value is 2.57. The van der Waals surface area contributed by atoms with E-state index in [2.05, 4.69) is 105 Å². The van der Waals surface area contributed by atoms with Gasteiger partial charge in [-0.15, -0.1) is 36.8 Å². The zero-order valence-corrected chi connectivity index (χ0v) is 30.5. The van der Waals surface area contributed by atoms with Gasteiger partial charge in [-0.3, -0.25) is 0 Å². The first kappa shape index (κ1) is 48.9. The van der Waals surface area contributed by atoms with Crippen LogP contribution in [0.3, 0.4) is 0 Å². The van der Waals surface area contributed by atoms with Crippen molar-refractivity contribution in [2.24, 2.45) is 0 Å². The number of halogens is 6. The van der Waals surface area contributed by atoms with E-state index in [1.807, 2.05) is 0 Å². The molecule has 0 spiro atoms. The van der Waals surface area contributed by atoms with Gasteiger partial charge in [0, 0.05) is 37.2 Å². The maximum absolute atomic E-state index is 8.98. The standard InChI is InChI=1S/C7H12O2.C5H8O.C4H6O.C2H4O.I3.I2.HI/c1-6(8)4-5-7(2,3)9;1-4-5(2,3)6;1-3-4(2)5;1-2-3;1-3-2;1-2;/h6,8-9H,1-3H3;1,6H,2-3H3;1,4-5H,2H3;2H,1H3;;;1H/q;;;;-1;;. The van der Waals surface area contributed by atoms with Crippen molar-refractivity contribution in [2.45, 2.75) is 71.9 Å². The molecule has 0 aliphatic heterocycles. The Morgan fingerprint density at radius 2 is 1.17 bits per heavy atom. The van der Waals surface area contributed by atoms with Crippen molar-refractivity contribution >= 4 is 105 Å². The molecule has 2 atom stereocenters. The van der Waals surface area contributed by atoms with Gasteiger partial charge in [0.2, 0.25) is 0 Å². The van der Waals surface area contributed by atoms with E-state index in [4.69, 9.17) is 31.6 Å². The number of carbonyl (C=O) groups excluding carboxylic acids is 1. The number of hydrogen-bond donors (Lipinski definition) is 4. The molecule has 0 aromatic rings. The molecule has 0 radical (unpaired) electrons. The number of carbonyl (C=O) groups is 1. The Morgan fingerprint density at radius 1 is 0.966 bits per heavy atom. The Balaban J connectivity index is -0.0000000429. The molecule has 11 heteroatoms. The number of aldehydes is 1. The van der Waals surface area contributed by atoms with Gasteiger partial charge in [-0.2, -0.15) is 0 Å². The molecule has 0 rings (SSSR count). The van der Waals surface area contributed by atoms with E-state index in [0.29, 0.717) is 13.3 Å². The van der Waals surface area contributed by atoms with Crippen molar-refractivity contribution in [3.05, 3.63) is 0 Å². The van der Waals surface area contributed by atoms with Crippen molar-refractivity contribution in [2.75, 3.05) is 0 Å².